The lowest BCUT2D eigenvalue weighted by Gasteiger charge is -2.22. The maximum atomic E-state index is 11.3. The minimum atomic E-state index is 0.206. The average molecular weight is 180 g/mol. The first kappa shape index (κ1) is 8.73. The van der Waals surface area contributed by atoms with Gasteiger partial charge in [0.2, 0.25) is 5.91 Å². The number of rotatable bonds is 0. The first-order chi connectivity index (χ1) is 6.29. The third-order valence-corrected chi connectivity index (χ3v) is 2.97. The summed E-state index contributed by atoms with van der Waals surface area (Å²) < 4.78 is 0. The highest BCUT2D eigenvalue weighted by Gasteiger charge is 2.32. The Morgan fingerprint density at radius 2 is 2.38 bits per heavy atom. The molecule has 0 aromatic rings. The van der Waals surface area contributed by atoms with Crippen LogP contribution in [-0.2, 0) is 4.79 Å². The van der Waals surface area contributed by atoms with Crippen molar-refractivity contribution in [3.05, 3.63) is 0 Å². The number of hydrogen-bond donors (Lipinski definition) is 0. The Morgan fingerprint density at radius 1 is 1.54 bits per heavy atom. The molecule has 0 saturated carbocycles. The van der Waals surface area contributed by atoms with Gasteiger partial charge in [-0.2, -0.15) is 0 Å². The molecule has 1 fully saturated rings. The SMILES string of the molecule is CC(=O)N1CCC2=NCCCC[C@H]21. The van der Waals surface area contributed by atoms with E-state index in [0.717, 1.165) is 25.9 Å². The molecule has 72 valence electrons. The summed E-state index contributed by atoms with van der Waals surface area (Å²) >= 11 is 0. The Morgan fingerprint density at radius 3 is 3.15 bits per heavy atom. The van der Waals surface area contributed by atoms with Crippen LogP contribution in [0.4, 0.5) is 0 Å². The number of likely N-dealkylation sites (tertiary alicyclic amines) is 1. The maximum absolute atomic E-state index is 11.3. The van der Waals surface area contributed by atoms with Crippen molar-refractivity contribution in [2.24, 2.45) is 4.99 Å². The van der Waals surface area contributed by atoms with E-state index < -0.39 is 0 Å². The van der Waals surface area contributed by atoms with Crippen molar-refractivity contribution < 1.29 is 4.79 Å². The number of aliphatic imine (C=N–C) groups is 1. The van der Waals surface area contributed by atoms with Crippen LogP contribution in [0.1, 0.15) is 32.6 Å². The molecule has 0 spiro atoms. The highest BCUT2D eigenvalue weighted by molar-refractivity contribution is 5.95. The lowest BCUT2D eigenvalue weighted by molar-refractivity contribution is -0.129. The second-order valence-electron chi connectivity index (χ2n) is 3.85. The van der Waals surface area contributed by atoms with E-state index in [2.05, 4.69) is 4.99 Å². The Labute approximate surface area is 78.8 Å². The molecule has 0 aliphatic carbocycles. The first-order valence-electron chi connectivity index (χ1n) is 5.09. The van der Waals surface area contributed by atoms with Gasteiger partial charge >= 0.3 is 0 Å². The smallest absolute Gasteiger partial charge is 0.220 e. The molecule has 2 aliphatic heterocycles. The van der Waals surface area contributed by atoms with Crippen molar-refractivity contribution in [1.82, 2.24) is 4.90 Å². The van der Waals surface area contributed by atoms with Crippen LogP contribution < -0.4 is 0 Å². The zero-order chi connectivity index (χ0) is 9.26. The Bertz CT molecular complexity index is 247. The lowest BCUT2D eigenvalue weighted by atomic mass is 10.1. The van der Waals surface area contributed by atoms with Crippen LogP contribution >= 0.6 is 0 Å². The first-order valence-corrected chi connectivity index (χ1v) is 5.09. The van der Waals surface area contributed by atoms with E-state index in [1.165, 1.54) is 18.6 Å². The van der Waals surface area contributed by atoms with E-state index in [9.17, 15) is 4.79 Å². The fraction of sp³-hybridized carbons (Fsp3) is 0.800. The molecule has 1 atom stereocenters. The summed E-state index contributed by atoms with van der Waals surface area (Å²) in [6, 6.07) is 0.347. The number of carbonyl (C=O) groups is 1. The molecule has 0 N–H and O–H groups in total. The number of carbonyl (C=O) groups excluding carboxylic acids is 1. The normalized spacial score (nSPS) is 27.9. The molecule has 1 saturated heterocycles. The predicted molar refractivity (Wildman–Crippen MR) is 51.9 cm³/mol. The summed E-state index contributed by atoms with van der Waals surface area (Å²) in [5.74, 6) is 0.206. The lowest BCUT2D eigenvalue weighted by Crippen LogP contribution is -2.36. The second kappa shape index (κ2) is 3.48. The summed E-state index contributed by atoms with van der Waals surface area (Å²) in [5.41, 5.74) is 1.27. The van der Waals surface area contributed by atoms with Crippen LogP contribution in [0, 0.1) is 0 Å². The van der Waals surface area contributed by atoms with Gasteiger partial charge in [-0.1, -0.05) is 0 Å². The van der Waals surface area contributed by atoms with Gasteiger partial charge in [0.05, 0.1) is 6.04 Å². The molecule has 13 heavy (non-hydrogen) atoms. The Kier molecular flexibility index (Phi) is 2.34. The van der Waals surface area contributed by atoms with Crippen LogP contribution in [0.2, 0.25) is 0 Å². The molecule has 0 aromatic heterocycles. The topological polar surface area (TPSA) is 32.7 Å². The van der Waals surface area contributed by atoms with Crippen molar-refractivity contribution in [3.8, 4) is 0 Å². The van der Waals surface area contributed by atoms with Crippen molar-refractivity contribution >= 4 is 11.6 Å². The van der Waals surface area contributed by atoms with E-state index >= 15 is 0 Å². The zero-order valence-corrected chi connectivity index (χ0v) is 8.12. The average Bonchev–Trinajstić information content (AvgIpc) is 2.36. The second-order valence-corrected chi connectivity index (χ2v) is 3.85. The fourth-order valence-corrected chi connectivity index (χ4v) is 2.29. The van der Waals surface area contributed by atoms with Gasteiger partial charge in [-0.25, -0.2) is 0 Å². The van der Waals surface area contributed by atoms with Gasteiger partial charge < -0.3 is 4.90 Å². The molecule has 0 aromatic carbocycles. The number of fused-ring (bicyclic) bond motifs is 1. The summed E-state index contributed by atoms with van der Waals surface area (Å²) in [4.78, 5) is 17.8. The van der Waals surface area contributed by atoms with Gasteiger partial charge in [-0.15, -0.1) is 0 Å². The summed E-state index contributed by atoms with van der Waals surface area (Å²) in [7, 11) is 0. The molecule has 3 heteroatoms. The molecule has 2 heterocycles. The van der Waals surface area contributed by atoms with Crippen molar-refractivity contribution in [1.29, 1.82) is 0 Å². The minimum Gasteiger partial charge on any atom is -0.334 e. The highest BCUT2D eigenvalue weighted by atomic mass is 16.2. The largest absolute Gasteiger partial charge is 0.334 e. The van der Waals surface area contributed by atoms with Gasteiger partial charge in [0.1, 0.15) is 0 Å². The fourth-order valence-electron chi connectivity index (χ4n) is 2.29. The third-order valence-electron chi connectivity index (χ3n) is 2.97. The Hall–Kier alpha value is -0.860. The number of hydrogen-bond acceptors (Lipinski definition) is 2. The summed E-state index contributed by atoms with van der Waals surface area (Å²) in [6.07, 6.45) is 4.52. The van der Waals surface area contributed by atoms with E-state index in [1.807, 2.05) is 4.90 Å². The monoisotopic (exact) mass is 180 g/mol. The van der Waals surface area contributed by atoms with E-state index in [0.29, 0.717) is 6.04 Å². The summed E-state index contributed by atoms with van der Waals surface area (Å²) in [5, 5.41) is 0. The molecule has 0 radical (unpaired) electrons. The molecule has 2 rings (SSSR count). The van der Waals surface area contributed by atoms with Crippen LogP contribution in [-0.4, -0.2) is 35.7 Å². The van der Waals surface area contributed by atoms with Gasteiger partial charge in [0.25, 0.3) is 0 Å². The maximum Gasteiger partial charge on any atom is 0.220 e. The zero-order valence-electron chi connectivity index (χ0n) is 8.12. The summed E-state index contributed by atoms with van der Waals surface area (Å²) in [6.45, 7) is 3.52. The Balaban J connectivity index is 2.16. The van der Waals surface area contributed by atoms with Crippen LogP contribution in [0.3, 0.4) is 0 Å². The standard InChI is InChI=1S/C10H16N2O/c1-8(13)12-7-5-9-10(12)4-2-3-6-11-9/h10H,2-7H2,1H3/t10-/m1/s1. The minimum absolute atomic E-state index is 0.206. The highest BCUT2D eigenvalue weighted by Crippen LogP contribution is 2.22. The molecule has 0 bridgehead atoms. The van der Waals surface area contributed by atoms with Crippen LogP contribution in [0.25, 0.3) is 0 Å². The van der Waals surface area contributed by atoms with Crippen molar-refractivity contribution in [2.45, 2.75) is 38.6 Å². The molecule has 1 amide bonds. The van der Waals surface area contributed by atoms with Gasteiger partial charge in [-0.3, -0.25) is 9.79 Å². The van der Waals surface area contributed by atoms with Gasteiger partial charge in [0, 0.05) is 32.1 Å². The molecular weight excluding hydrogens is 164 g/mol. The van der Waals surface area contributed by atoms with Crippen LogP contribution in [0.5, 0.6) is 0 Å². The quantitative estimate of drug-likeness (QED) is 0.552. The van der Waals surface area contributed by atoms with Crippen LogP contribution in [0.15, 0.2) is 4.99 Å². The number of nitrogens with zero attached hydrogens (tertiary/aromatic N) is 2. The van der Waals surface area contributed by atoms with Gasteiger partial charge in [0.15, 0.2) is 0 Å². The van der Waals surface area contributed by atoms with E-state index in [1.54, 1.807) is 6.92 Å². The van der Waals surface area contributed by atoms with Gasteiger partial charge in [-0.05, 0) is 19.3 Å². The molecule has 0 unspecified atom stereocenters. The molecular formula is C10H16N2O. The molecule has 2 aliphatic rings. The number of amides is 1. The van der Waals surface area contributed by atoms with Crippen molar-refractivity contribution in [2.75, 3.05) is 13.1 Å². The van der Waals surface area contributed by atoms with E-state index in [4.69, 9.17) is 0 Å². The van der Waals surface area contributed by atoms with E-state index in [-0.39, 0.29) is 5.91 Å². The predicted octanol–water partition coefficient (Wildman–Crippen LogP) is 1.23. The molecule has 3 nitrogen and oxygen atoms in total. The third kappa shape index (κ3) is 1.60. The van der Waals surface area contributed by atoms with Crippen molar-refractivity contribution in [3.63, 3.8) is 0 Å².